The van der Waals surface area contributed by atoms with Gasteiger partial charge in [0, 0.05) is 6.42 Å². The molecule has 2 rings (SSSR count). The molecule has 0 spiro atoms. The first kappa shape index (κ1) is 19.0. The molecule has 0 fully saturated rings. The van der Waals surface area contributed by atoms with E-state index in [1.807, 2.05) is 13.8 Å². The van der Waals surface area contributed by atoms with Gasteiger partial charge in [-0.1, -0.05) is 12.1 Å². The van der Waals surface area contributed by atoms with Crippen molar-refractivity contribution in [3.8, 4) is 11.5 Å². The smallest absolute Gasteiger partial charge is 0.226 e. The Morgan fingerprint density at radius 3 is 2.57 bits per heavy atom. The van der Waals surface area contributed by atoms with Gasteiger partial charge in [-0.15, -0.1) is 17.0 Å². The normalized spacial score (nSPS) is 16.2. The molecule has 0 saturated carbocycles. The highest BCUT2D eigenvalue weighted by Crippen LogP contribution is 2.24. The predicted octanol–water partition coefficient (Wildman–Crippen LogP) is 1.35. The zero-order valence-electron chi connectivity index (χ0n) is 13.1. The van der Waals surface area contributed by atoms with Crippen LogP contribution in [-0.4, -0.2) is 41.0 Å². The molecule has 0 radical (unpaired) electrons. The average molecular weight is 388 g/mol. The third-order valence-electron chi connectivity index (χ3n) is 2.95. The summed E-state index contributed by atoms with van der Waals surface area (Å²) in [6.07, 6.45) is 0.605. The van der Waals surface area contributed by atoms with E-state index < -0.39 is 5.66 Å². The molecular weight excluding hydrogens is 366 g/mol. The van der Waals surface area contributed by atoms with Gasteiger partial charge in [0.05, 0.1) is 13.2 Å². The second-order valence-electron chi connectivity index (χ2n) is 5.23. The Morgan fingerprint density at radius 1 is 1.22 bits per heavy atom. The van der Waals surface area contributed by atoms with Gasteiger partial charge in [0.25, 0.3) is 0 Å². The van der Waals surface area contributed by atoms with E-state index in [1.54, 1.807) is 24.3 Å². The summed E-state index contributed by atoms with van der Waals surface area (Å²) < 4.78 is 5.46. The van der Waals surface area contributed by atoms with E-state index in [9.17, 15) is 5.11 Å². The Hall–Kier alpha value is -2.00. The summed E-state index contributed by atoms with van der Waals surface area (Å²) in [7, 11) is 0. The van der Waals surface area contributed by atoms with Gasteiger partial charge < -0.3 is 21.3 Å². The van der Waals surface area contributed by atoms with E-state index in [2.05, 4.69) is 9.98 Å². The Morgan fingerprint density at radius 2 is 1.91 bits per heavy atom. The number of nitrogens with zero attached hydrogens (tertiary/aromatic N) is 3. The lowest BCUT2D eigenvalue weighted by Crippen LogP contribution is -2.53. The third kappa shape index (κ3) is 5.00. The molecule has 1 aliphatic rings. The first-order chi connectivity index (χ1) is 10.4. The fourth-order valence-electron chi connectivity index (χ4n) is 1.99. The quantitative estimate of drug-likeness (QED) is 0.633. The minimum Gasteiger partial charge on any atom is -0.504 e. The van der Waals surface area contributed by atoms with Crippen molar-refractivity contribution in [2.24, 2.45) is 21.5 Å². The molecule has 0 saturated heterocycles. The Balaban J connectivity index is 0.00000264. The van der Waals surface area contributed by atoms with Gasteiger partial charge in [-0.05, 0) is 26.0 Å². The average Bonchev–Trinajstić information content (AvgIpc) is 2.42. The molecule has 1 aliphatic heterocycles. The number of phenols is 1. The number of hydrogen-bond acceptors (Lipinski definition) is 8. The van der Waals surface area contributed by atoms with Crippen LogP contribution >= 0.6 is 17.0 Å². The molecule has 1 heterocycles. The van der Waals surface area contributed by atoms with Crippen molar-refractivity contribution in [3.63, 3.8) is 0 Å². The summed E-state index contributed by atoms with van der Waals surface area (Å²) in [5.41, 5.74) is 10.7. The highest BCUT2D eigenvalue weighted by atomic mass is 79.9. The SMILES string of the molecule is Br.CC1(C)N=C(N)N=C(N)N1OCCCOc1ccccc1O. The van der Waals surface area contributed by atoms with Crippen LogP contribution < -0.4 is 16.2 Å². The number of ether oxygens (including phenoxy) is 1. The van der Waals surface area contributed by atoms with Crippen LogP contribution in [0.5, 0.6) is 11.5 Å². The van der Waals surface area contributed by atoms with Crippen LogP contribution in [-0.2, 0) is 4.84 Å². The summed E-state index contributed by atoms with van der Waals surface area (Å²) in [5.74, 6) is 0.852. The van der Waals surface area contributed by atoms with E-state index in [4.69, 9.17) is 21.0 Å². The number of phenolic OH excluding ortho intramolecular Hbond substituents is 1. The van der Waals surface area contributed by atoms with Crippen molar-refractivity contribution in [1.29, 1.82) is 0 Å². The molecule has 0 aromatic heterocycles. The van der Waals surface area contributed by atoms with Crippen molar-refractivity contribution in [3.05, 3.63) is 24.3 Å². The van der Waals surface area contributed by atoms with Gasteiger partial charge in [-0.3, -0.25) is 4.84 Å². The van der Waals surface area contributed by atoms with Crippen LogP contribution in [0.15, 0.2) is 34.3 Å². The van der Waals surface area contributed by atoms with Crippen LogP contribution in [0.3, 0.4) is 0 Å². The molecule has 0 amide bonds. The zero-order chi connectivity index (χ0) is 16.2. The van der Waals surface area contributed by atoms with E-state index >= 15 is 0 Å². The number of halogens is 1. The molecule has 5 N–H and O–H groups in total. The van der Waals surface area contributed by atoms with Crippen LogP contribution in [0.2, 0.25) is 0 Å². The minimum absolute atomic E-state index is 0. The van der Waals surface area contributed by atoms with Crippen LogP contribution in [0, 0.1) is 0 Å². The lowest BCUT2D eigenvalue weighted by Gasteiger charge is -2.36. The number of para-hydroxylation sites is 2. The first-order valence-electron chi connectivity index (χ1n) is 6.93. The molecular formula is C14H22BrN5O3. The lowest BCUT2D eigenvalue weighted by molar-refractivity contribution is -0.158. The second kappa shape index (κ2) is 8.02. The predicted molar refractivity (Wildman–Crippen MR) is 93.7 cm³/mol. The van der Waals surface area contributed by atoms with Crippen LogP contribution in [0.4, 0.5) is 0 Å². The first-order valence-corrected chi connectivity index (χ1v) is 6.93. The fraction of sp³-hybridized carbons (Fsp3) is 0.429. The summed E-state index contributed by atoms with van der Waals surface area (Å²) >= 11 is 0. The molecule has 8 nitrogen and oxygen atoms in total. The number of aromatic hydroxyl groups is 1. The minimum atomic E-state index is -0.714. The van der Waals surface area contributed by atoms with E-state index in [0.717, 1.165) is 0 Å². The molecule has 1 aromatic carbocycles. The van der Waals surface area contributed by atoms with Crippen molar-refractivity contribution in [2.45, 2.75) is 25.9 Å². The van der Waals surface area contributed by atoms with Gasteiger partial charge in [-0.2, -0.15) is 10.1 Å². The maximum absolute atomic E-state index is 9.58. The summed E-state index contributed by atoms with van der Waals surface area (Å²) in [6.45, 7) is 4.40. The Labute approximate surface area is 145 Å². The van der Waals surface area contributed by atoms with Crippen LogP contribution in [0.25, 0.3) is 0 Å². The van der Waals surface area contributed by atoms with Crippen LogP contribution in [0.1, 0.15) is 20.3 Å². The van der Waals surface area contributed by atoms with Gasteiger partial charge in [-0.25, -0.2) is 4.99 Å². The number of aliphatic imine (C=N–C) groups is 2. The summed E-state index contributed by atoms with van der Waals surface area (Å²) in [4.78, 5) is 13.6. The number of nitrogens with two attached hydrogens (primary N) is 2. The van der Waals surface area contributed by atoms with Gasteiger partial charge in [0.15, 0.2) is 17.2 Å². The molecule has 0 atom stereocenters. The fourth-order valence-corrected chi connectivity index (χ4v) is 1.99. The van der Waals surface area contributed by atoms with E-state index in [1.165, 1.54) is 5.06 Å². The standard InChI is InChI=1S/C14H21N5O3.BrH/c1-14(2)18-12(15)17-13(16)19(14)22-9-5-8-21-11-7-4-3-6-10(11)20;/h3-4,6-7,20H,5,8-9H2,1-2H3,(H4,15,16,17,18);1H. The third-order valence-corrected chi connectivity index (χ3v) is 2.95. The summed E-state index contributed by atoms with van der Waals surface area (Å²) in [6, 6.07) is 6.80. The van der Waals surface area contributed by atoms with Gasteiger partial charge >= 0.3 is 0 Å². The Bertz CT molecular complexity index is 592. The number of guanidine groups is 2. The molecule has 0 aliphatic carbocycles. The molecule has 9 heteroatoms. The molecule has 1 aromatic rings. The van der Waals surface area contributed by atoms with Crippen molar-refractivity contribution < 1.29 is 14.7 Å². The van der Waals surface area contributed by atoms with Crippen molar-refractivity contribution in [2.75, 3.05) is 13.2 Å². The lowest BCUT2D eigenvalue weighted by atomic mass is 10.2. The highest BCUT2D eigenvalue weighted by molar-refractivity contribution is 8.93. The topological polar surface area (TPSA) is 119 Å². The van der Waals surface area contributed by atoms with Crippen molar-refractivity contribution in [1.82, 2.24) is 5.06 Å². The highest BCUT2D eigenvalue weighted by Gasteiger charge is 2.32. The van der Waals surface area contributed by atoms with Gasteiger partial charge in [0.1, 0.15) is 0 Å². The Kier molecular flexibility index (Phi) is 6.64. The molecule has 23 heavy (non-hydrogen) atoms. The number of hydroxylamine groups is 2. The maximum Gasteiger partial charge on any atom is 0.226 e. The van der Waals surface area contributed by atoms with Crippen molar-refractivity contribution >= 4 is 28.9 Å². The zero-order valence-corrected chi connectivity index (χ0v) is 14.8. The monoisotopic (exact) mass is 387 g/mol. The number of hydrogen-bond donors (Lipinski definition) is 3. The van der Waals surface area contributed by atoms with E-state index in [0.29, 0.717) is 25.4 Å². The number of benzene rings is 1. The van der Waals surface area contributed by atoms with E-state index in [-0.39, 0.29) is 34.7 Å². The molecule has 0 bridgehead atoms. The molecule has 0 unspecified atom stereocenters. The maximum atomic E-state index is 9.58. The largest absolute Gasteiger partial charge is 0.504 e. The second-order valence-corrected chi connectivity index (χ2v) is 5.23. The van der Waals surface area contributed by atoms with Gasteiger partial charge in [0.2, 0.25) is 11.9 Å². The summed E-state index contributed by atoms with van der Waals surface area (Å²) in [5, 5.41) is 11.0. The number of rotatable bonds is 6. The molecule has 128 valence electrons.